The first-order valence-electron chi connectivity index (χ1n) is 2.21. The summed E-state index contributed by atoms with van der Waals surface area (Å²) in [6, 6.07) is 0. The molecule has 0 aliphatic carbocycles. The Morgan fingerprint density at radius 1 is 1.86 bits per heavy atom. The zero-order valence-corrected chi connectivity index (χ0v) is 4.27. The van der Waals surface area contributed by atoms with Gasteiger partial charge in [-0.3, -0.25) is 5.32 Å². The largest absolute Gasteiger partial charge is 0.483 e. The SMILES string of the molecule is COC1=NCNC1. The van der Waals surface area contributed by atoms with Crippen LogP contribution in [0.5, 0.6) is 0 Å². The summed E-state index contributed by atoms with van der Waals surface area (Å²) >= 11 is 0. The van der Waals surface area contributed by atoms with Crippen molar-refractivity contribution < 1.29 is 4.74 Å². The van der Waals surface area contributed by atoms with Crippen LogP contribution < -0.4 is 5.32 Å². The van der Waals surface area contributed by atoms with Gasteiger partial charge in [0, 0.05) is 0 Å². The lowest BCUT2D eigenvalue weighted by Gasteiger charge is -1.91. The van der Waals surface area contributed by atoms with E-state index in [2.05, 4.69) is 10.3 Å². The molecule has 3 nitrogen and oxygen atoms in total. The highest BCUT2D eigenvalue weighted by Crippen LogP contribution is 1.83. The van der Waals surface area contributed by atoms with E-state index in [0.29, 0.717) is 6.67 Å². The van der Waals surface area contributed by atoms with Gasteiger partial charge in [0.2, 0.25) is 0 Å². The molecule has 0 bridgehead atoms. The van der Waals surface area contributed by atoms with E-state index < -0.39 is 0 Å². The van der Waals surface area contributed by atoms with Crippen molar-refractivity contribution >= 4 is 5.90 Å². The summed E-state index contributed by atoms with van der Waals surface area (Å²) in [5.74, 6) is 0.806. The summed E-state index contributed by atoms with van der Waals surface area (Å²) in [6.45, 7) is 1.50. The molecule has 0 amide bonds. The summed E-state index contributed by atoms with van der Waals surface area (Å²) in [4.78, 5) is 3.94. The molecule has 7 heavy (non-hydrogen) atoms. The third kappa shape index (κ3) is 0.899. The lowest BCUT2D eigenvalue weighted by Crippen LogP contribution is -2.13. The lowest BCUT2D eigenvalue weighted by atomic mass is 10.7. The van der Waals surface area contributed by atoms with Gasteiger partial charge in [-0.15, -0.1) is 0 Å². The molecule has 0 saturated carbocycles. The topological polar surface area (TPSA) is 33.6 Å². The summed E-state index contributed by atoms with van der Waals surface area (Å²) in [5.41, 5.74) is 0. The van der Waals surface area contributed by atoms with Gasteiger partial charge >= 0.3 is 0 Å². The van der Waals surface area contributed by atoms with Gasteiger partial charge < -0.3 is 4.74 Å². The first kappa shape index (κ1) is 4.59. The van der Waals surface area contributed by atoms with E-state index in [4.69, 9.17) is 4.74 Å². The van der Waals surface area contributed by atoms with Crippen LogP contribution in [0.2, 0.25) is 0 Å². The van der Waals surface area contributed by atoms with Crippen molar-refractivity contribution in [3.8, 4) is 0 Å². The minimum absolute atomic E-state index is 0.711. The van der Waals surface area contributed by atoms with Crippen molar-refractivity contribution in [3.63, 3.8) is 0 Å². The van der Waals surface area contributed by atoms with E-state index in [1.807, 2.05) is 0 Å². The predicted octanol–water partition coefficient (Wildman–Crippen LogP) is -0.408. The summed E-state index contributed by atoms with van der Waals surface area (Å²) in [5, 5.41) is 2.99. The van der Waals surface area contributed by atoms with Crippen LogP contribution in [0.4, 0.5) is 0 Å². The standard InChI is InChI=1S/C4H8N2O/c1-7-4-2-5-3-6-4/h5H,2-3H2,1H3. The highest BCUT2D eigenvalue weighted by Gasteiger charge is 2.01. The van der Waals surface area contributed by atoms with Gasteiger partial charge in [-0.2, -0.15) is 0 Å². The molecule has 40 valence electrons. The second-order valence-electron chi connectivity index (χ2n) is 1.34. The first-order chi connectivity index (χ1) is 3.43. The molecule has 1 heterocycles. The number of ether oxygens (including phenoxy) is 1. The highest BCUT2D eigenvalue weighted by molar-refractivity contribution is 5.79. The molecule has 1 rings (SSSR count). The molecular weight excluding hydrogens is 92.1 g/mol. The number of aliphatic imine (C=N–C) groups is 1. The maximum Gasteiger partial charge on any atom is 0.198 e. The summed E-state index contributed by atoms with van der Waals surface area (Å²) < 4.78 is 4.80. The minimum atomic E-state index is 0.711. The molecule has 0 aromatic heterocycles. The van der Waals surface area contributed by atoms with Crippen LogP contribution >= 0.6 is 0 Å². The van der Waals surface area contributed by atoms with Gasteiger partial charge in [-0.05, 0) is 0 Å². The number of nitrogens with one attached hydrogen (secondary N) is 1. The van der Waals surface area contributed by atoms with Crippen molar-refractivity contribution in [1.29, 1.82) is 0 Å². The van der Waals surface area contributed by atoms with Crippen LogP contribution in [0.1, 0.15) is 0 Å². The van der Waals surface area contributed by atoms with E-state index in [-0.39, 0.29) is 0 Å². The van der Waals surface area contributed by atoms with Crippen LogP contribution in [0, 0.1) is 0 Å². The fraction of sp³-hybridized carbons (Fsp3) is 0.750. The van der Waals surface area contributed by atoms with Crippen LogP contribution in [0.3, 0.4) is 0 Å². The molecule has 0 aromatic rings. The van der Waals surface area contributed by atoms with Crippen molar-refractivity contribution in [2.75, 3.05) is 20.3 Å². The molecule has 1 aliphatic rings. The molecule has 1 aliphatic heterocycles. The van der Waals surface area contributed by atoms with Crippen LogP contribution in [-0.4, -0.2) is 26.2 Å². The fourth-order valence-electron chi connectivity index (χ4n) is 0.500. The van der Waals surface area contributed by atoms with Crippen LogP contribution in [0.25, 0.3) is 0 Å². The minimum Gasteiger partial charge on any atom is -0.483 e. The second-order valence-corrected chi connectivity index (χ2v) is 1.34. The Balaban J connectivity index is 2.36. The Morgan fingerprint density at radius 2 is 2.71 bits per heavy atom. The molecular formula is C4H8N2O. The highest BCUT2D eigenvalue weighted by atomic mass is 16.5. The number of methoxy groups -OCH3 is 1. The molecule has 0 unspecified atom stereocenters. The normalized spacial score (nSPS) is 19.3. The van der Waals surface area contributed by atoms with Crippen molar-refractivity contribution in [2.45, 2.75) is 0 Å². The maximum atomic E-state index is 4.80. The quantitative estimate of drug-likeness (QED) is 0.449. The van der Waals surface area contributed by atoms with Crippen molar-refractivity contribution in [3.05, 3.63) is 0 Å². The monoisotopic (exact) mass is 100 g/mol. The molecule has 0 fully saturated rings. The van der Waals surface area contributed by atoms with E-state index >= 15 is 0 Å². The van der Waals surface area contributed by atoms with Gasteiger partial charge in [-0.25, -0.2) is 4.99 Å². The van der Waals surface area contributed by atoms with Crippen LogP contribution in [-0.2, 0) is 4.74 Å². The number of nitrogens with zero attached hydrogens (tertiary/aromatic N) is 1. The van der Waals surface area contributed by atoms with Crippen molar-refractivity contribution in [1.82, 2.24) is 5.32 Å². The summed E-state index contributed by atoms with van der Waals surface area (Å²) in [6.07, 6.45) is 0. The van der Waals surface area contributed by atoms with Gasteiger partial charge in [0.15, 0.2) is 5.90 Å². The Morgan fingerprint density at radius 3 is 3.00 bits per heavy atom. The molecule has 0 spiro atoms. The number of hydrogen-bond donors (Lipinski definition) is 1. The van der Waals surface area contributed by atoms with E-state index in [1.165, 1.54) is 0 Å². The van der Waals surface area contributed by atoms with Crippen molar-refractivity contribution in [2.24, 2.45) is 4.99 Å². The zero-order chi connectivity index (χ0) is 5.11. The smallest absolute Gasteiger partial charge is 0.198 e. The average molecular weight is 100 g/mol. The third-order valence-electron chi connectivity index (χ3n) is 0.879. The Kier molecular flexibility index (Phi) is 1.26. The predicted molar refractivity (Wildman–Crippen MR) is 27.3 cm³/mol. The average Bonchev–Trinajstić information content (AvgIpc) is 2.14. The first-order valence-corrected chi connectivity index (χ1v) is 2.21. The van der Waals surface area contributed by atoms with E-state index in [9.17, 15) is 0 Å². The molecule has 0 aromatic carbocycles. The Hall–Kier alpha value is -0.570. The Labute approximate surface area is 42.4 Å². The van der Waals surface area contributed by atoms with Gasteiger partial charge in [0.05, 0.1) is 20.3 Å². The fourth-order valence-corrected chi connectivity index (χ4v) is 0.500. The maximum absolute atomic E-state index is 4.80. The van der Waals surface area contributed by atoms with Gasteiger partial charge in [0.25, 0.3) is 0 Å². The molecule has 3 heteroatoms. The lowest BCUT2D eigenvalue weighted by molar-refractivity contribution is 0.398. The number of hydrogen-bond acceptors (Lipinski definition) is 3. The van der Waals surface area contributed by atoms with Gasteiger partial charge in [0.1, 0.15) is 0 Å². The van der Waals surface area contributed by atoms with Gasteiger partial charge in [-0.1, -0.05) is 0 Å². The number of rotatable bonds is 0. The Bertz CT molecular complexity index is 89.7. The third-order valence-corrected chi connectivity index (χ3v) is 0.879. The molecule has 1 N–H and O–H groups in total. The zero-order valence-electron chi connectivity index (χ0n) is 4.27. The molecule has 0 radical (unpaired) electrons. The molecule has 0 saturated heterocycles. The second kappa shape index (κ2) is 1.93. The van der Waals surface area contributed by atoms with E-state index in [0.717, 1.165) is 12.4 Å². The van der Waals surface area contributed by atoms with Crippen LogP contribution in [0.15, 0.2) is 4.99 Å². The molecule has 0 atom stereocenters. The van der Waals surface area contributed by atoms with E-state index in [1.54, 1.807) is 7.11 Å². The summed E-state index contributed by atoms with van der Waals surface area (Å²) in [7, 11) is 1.63.